The van der Waals surface area contributed by atoms with Crippen LogP contribution in [0.2, 0.25) is 0 Å². The zero-order valence-electron chi connectivity index (χ0n) is 8.77. The Morgan fingerprint density at radius 3 is 2.93 bits per heavy atom. The average molecular weight is 206 g/mol. The summed E-state index contributed by atoms with van der Waals surface area (Å²) >= 11 is 0. The van der Waals surface area contributed by atoms with Crippen LogP contribution in [0.4, 0.5) is 0 Å². The van der Waals surface area contributed by atoms with E-state index in [1.54, 1.807) is 24.0 Å². The lowest BCUT2D eigenvalue weighted by molar-refractivity contribution is -0.122. The lowest BCUT2D eigenvalue weighted by Crippen LogP contribution is -2.27. The zero-order chi connectivity index (χ0) is 10.8. The second-order valence-electron chi connectivity index (χ2n) is 4.00. The normalized spacial score (nSPS) is 21.7. The number of nitrogens with zero attached hydrogens (tertiary/aromatic N) is 2. The fourth-order valence-corrected chi connectivity index (χ4v) is 1.99. The first-order valence-electron chi connectivity index (χ1n) is 5.25. The van der Waals surface area contributed by atoms with E-state index in [1.807, 2.05) is 0 Å². The molecule has 1 aromatic heterocycles. The summed E-state index contributed by atoms with van der Waals surface area (Å²) in [6.07, 6.45) is 4.85. The minimum atomic E-state index is -0.436. The number of Topliss-reactive ketones (excluding diaryl/α,β-unsaturated/α-hetero) is 2. The Kier molecular flexibility index (Phi) is 2.66. The third kappa shape index (κ3) is 1.98. The second-order valence-corrected chi connectivity index (χ2v) is 4.00. The predicted molar refractivity (Wildman–Crippen MR) is 54.5 cm³/mol. The lowest BCUT2D eigenvalue weighted by atomic mass is 9.84. The van der Waals surface area contributed by atoms with Gasteiger partial charge in [-0.2, -0.15) is 5.10 Å². The summed E-state index contributed by atoms with van der Waals surface area (Å²) in [7, 11) is 1.76. The standard InChI is InChI=1S/C11H14N2O2/c1-13-7-6-9(12-13)11(15)8-4-2-3-5-10(8)14/h6-8H,2-5H2,1H3. The third-order valence-corrected chi connectivity index (χ3v) is 2.84. The fraction of sp³-hybridized carbons (Fsp3) is 0.545. The topological polar surface area (TPSA) is 52.0 Å². The molecule has 0 amide bonds. The number of rotatable bonds is 2. The van der Waals surface area contributed by atoms with E-state index >= 15 is 0 Å². The SMILES string of the molecule is Cn1ccc(C(=O)C2CCCCC2=O)n1. The lowest BCUT2D eigenvalue weighted by Gasteiger charge is -2.17. The monoisotopic (exact) mass is 206 g/mol. The summed E-state index contributed by atoms with van der Waals surface area (Å²) in [4.78, 5) is 23.5. The highest BCUT2D eigenvalue weighted by atomic mass is 16.2. The molecule has 1 aliphatic rings. The van der Waals surface area contributed by atoms with Gasteiger partial charge in [-0.25, -0.2) is 0 Å². The van der Waals surface area contributed by atoms with E-state index in [2.05, 4.69) is 5.10 Å². The van der Waals surface area contributed by atoms with E-state index in [0.29, 0.717) is 18.5 Å². The van der Waals surface area contributed by atoms with Gasteiger partial charge >= 0.3 is 0 Å². The first-order valence-corrected chi connectivity index (χ1v) is 5.25. The van der Waals surface area contributed by atoms with Crippen LogP contribution in [-0.4, -0.2) is 21.3 Å². The number of hydrogen-bond acceptors (Lipinski definition) is 3. The number of aryl methyl sites for hydroxylation is 1. The van der Waals surface area contributed by atoms with Gasteiger partial charge in [0.2, 0.25) is 0 Å². The van der Waals surface area contributed by atoms with Crippen LogP contribution in [0.15, 0.2) is 12.3 Å². The van der Waals surface area contributed by atoms with E-state index in [-0.39, 0.29) is 11.6 Å². The molecule has 80 valence electrons. The van der Waals surface area contributed by atoms with Crippen molar-refractivity contribution in [1.82, 2.24) is 9.78 Å². The molecule has 1 atom stereocenters. The van der Waals surface area contributed by atoms with Crippen LogP contribution in [0.3, 0.4) is 0 Å². The van der Waals surface area contributed by atoms with Crippen molar-refractivity contribution < 1.29 is 9.59 Å². The molecule has 0 radical (unpaired) electrons. The Bertz CT molecular complexity index is 395. The molecule has 0 aromatic carbocycles. The maximum absolute atomic E-state index is 11.9. The summed E-state index contributed by atoms with van der Waals surface area (Å²) in [5.41, 5.74) is 0.415. The highest BCUT2D eigenvalue weighted by Crippen LogP contribution is 2.23. The molecule has 0 aliphatic heterocycles. The van der Waals surface area contributed by atoms with Crippen molar-refractivity contribution in [3.63, 3.8) is 0 Å². The van der Waals surface area contributed by atoms with Crippen LogP contribution in [0.5, 0.6) is 0 Å². The van der Waals surface area contributed by atoms with Crippen LogP contribution < -0.4 is 0 Å². The van der Waals surface area contributed by atoms with Gasteiger partial charge in [-0.1, -0.05) is 6.42 Å². The molecule has 1 aromatic rings. The van der Waals surface area contributed by atoms with Crippen LogP contribution in [0.1, 0.15) is 36.2 Å². The van der Waals surface area contributed by atoms with E-state index in [4.69, 9.17) is 0 Å². The van der Waals surface area contributed by atoms with E-state index in [1.165, 1.54) is 0 Å². The van der Waals surface area contributed by atoms with Crippen molar-refractivity contribution in [2.45, 2.75) is 25.7 Å². The van der Waals surface area contributed by atoms with Crippen molar-refractivity contribution >= 4 is 11.6 Å². The Morgan fingerprint density at radius 1 is 1.53 bits per heavy atom. The molecule has 0 bridgehead atoms. The quantitative estimate of drug-likeness (QED) is 0.542. The van der Waals surface area contributed by atoms with E-state index in [0.717, 1.165) is 12.8 Å². The van der Waals surface area contributed by atoms with Crippen LogP contribution >= 0.6 is 0 Å². The van der Waals surface area contributed by atoms with Gasteiger partial charge in [0.25, 0.3) is 0 Å². The molecule has 1 aliphatic carbocycles. The van der Waals surface area contributed by atoms with E-state index in [9.17, 15) is 9.59 Å². The maximum atomic E-state index is 11.9. The predicted octanol–water partition coefficient (Wildman–Crippen LogP) is 1.36. The number of ketones is 2. The highest BCUT2D eigenvalue weighted by molar-refractivity contribution is 6.09. The maximum Gasteiger partial charge on any atom is 0.193 e. The molecule has 1 saturated carbocycles. The van der Waals surface area contributed by atoms with Crippen LogP contribution in [-0.2, 0) is 11.8 Å². The van der Waals surface area contributed by atoms with Gasteiger partial charge in [0.15, 0.2) is 5.78 Å². The van der Waals surface area contributed by atoms with Gasteiger partial charge in [0.05, 0.1) is 5.92 Å². The molecule has 4 heteroatoms. The molecular weight excluding hydrogens is 192 g/mol. The Labute approximate surface area is 88.3 Å². The molecule has 0 N–H and O–H groups in total. The Balaban J connectivity index is 2.16. The second kappa shape index (κ2) is 3.96. The summed E-state index contributed by atoms with van der Waals surface area (Å²) in [6.45, 7) is 0. The minimum absolute atomic E-state index is 0.0805. The van der Waals surface area contributed by atoms with Gasteiger partial charge in [0, 0.05) is 19.7 Å². The molecule has 0 saturated heterocycles. The van der Waals surface area contributed by atoms with Crippen molar-refractivity contribution in [3.05, 3.63) is 18.0 Å². The van der Waals surface area contributed by atoms with Crippen molar-refractivity contribution in [1.29, 1.82) is 0 Å². The van der Waals surface area contributed by atoms with Gasteiger partial charge in [0.1, 0.15) is 11.5 Å². The first-order chi connectivity index (χ1) is 7.18. The first kappa shape index (κ1) is 10.1. The van der Waals surface area contributed by atoms with Gasteiger partial charge in [-0.05, 0) is 18.9 Å². The summed E-state index contributed by atoms with van der Waals surface area (Å²) in [5, 5.41) is 4.04. The van der Waals surface area contributed by atoms with Gasteiger partial charge in [-0.3, -0.25) is 14.3 Å². The smallest absolute Gasteiger partial charge is 0.193 e. The van der Waals surface area contributed by atoms with Crippen LogP contribution in [0, 0.1) is 5.92 Å². The zero-order valence-corrected chi connectivity index (χ0v) is 8.77. The Morgan fingerprint density at radius 2 is 2.33 bits per heavy atom. The summed E-state index contributed by atoms with van der Waals surface area (Å²) in [5.74, 6) is -0.467. The van der Waals surface area contributed by atoms with Crippen LogP contribution in [0.25, 0.3) is 0 Å². The number of aromatic nitrogens is 2. The molecule has 2 rings (SSSR count). The fourth-order valence-electron chi connectivity index (χ4n) is 1.99. The van der Waals surface area contributed by atoms with E-state index < -0.39 is 5.92 Å². The number of carbonyl (C=O) groups is 2. The molecule has 15 heavy (non-hydrogen) atoms. The highest BCUT2D eigenvalue weighted by Gasteiger charge is 2.30. The Hall–Kier alpha value is -1.45. The van der Waals surface area contributed by atoms with Crippen molar-refractivity contribution in [3.8, 4) is 0 Å². The molecule has 0 spiro atoms. The minimum Gasteiger partial charge on any atom is -0.299 e. The third-order valence-electron chi connectivity index (χ3n) is 2.84. The molecule has 1 unspecified atom stereocenters. The molecule has 1 heterocycles. The average Bonchev–Trinajstić information content (AvgIpc) is 2.65. The summed E-state index contributed by atoms with van der Waals surface area (Å²) < 4.78 is 1.58. The largest absolute Gasteiger partial charge is 0.299 e. The summed E-state index contributed by atoms with van der Waals surface area (Å²) in [6, 6.07) is 1.67. The van der Waals surface area contributed by atoms with Crippen molar-refractivity contribution in [2.24, 2.45) is 13.0 Å². The molecule has 4 nitrogen and oxygen atoms in total. The molecular formula is C11H14N2O2. The van der Waals surface area contributed by atoms with Crippen molar-refractivity contribution in [2.75, 3.05) is 0 Å². The van der Waals surface area contributed by atoms with Gasteiger partial charge in [-0.15, -0.1) is 0 Å². The molecule has 1 fully saturated rings. The number of carbonyl (C=O) groups excluding carboxylic acids is 2. The number of hydrogen-bond donors (Lipinski definition) is 0. The van der Waals surface area contributed by atoms with Gasteiger partial charge < -0.3 is 0 Å².